The van der Waals surface area contributed by atoms with Crippen LogP contribution in [0.15, 0.2) is 255 Å². The van der Waals surface area contributed by atoms with Crippen LogP contribution < -0.4 is 9.91 Å². The summed E-state index contributed by atoms with van der Waals surface area (Å²) in [5, 5.41) is 12.0. The molecule has 0 bridgehead atoms. The molecule has 0 saturated carbocycles. The highest BCUT2D eigenvalue weighted by molar-refractivity contribution is 6.25. The average Bonchev–Trinajstić information content (AvgIpc) is 4.36. The topological polar surface area (TPSA) is 59.9 Å². The molecule has 0 radical (unpaired) electrons. The Morgan fingerprint density at radius 1 is 0.354 bits per heavy atom. The second-order valence-corrected chi connectivity index (χ2v) is 20.5. The first kappa shape index (κ1) is 43.4. The monoisotopic (exact) mass is 1010 g/mol. The van der Waals surface area contributed by atoms with Gasteiger partial charge in [0.1, 0.15) is 5.82 Å². The fourth-order valence-corrected chi connectivity index (χ4v) is 12.7. The van der Waals surface area contributed by atoms with Gasteiger partial charge in [0.25, 0.3) is 0 Å². The summed E-state index contributed by atoms with van der Waals surface area (Å²) in [4.78, 5) is 17.5. The molecule has 0 saturated heterocycles. The number of nitrogens with zero attached hydrogens (tertiary/aromatic N) is 8. The molecule has 0 fully saturated rings. The number of para-hydroxylation sites is 5. The van der Waals surface area contributed by atoms with Crippen LogP contribution in [0.1, 0.15) is 11.1 Å². The summed E-state index contributed by atoms with van der Waals surface area (Å²) >= 11 is 0. The van der Waals surface area contributed by atoms with E-state index in [2.05, 4.69) is 279 Å². The molecule has 17 rings (SSSR count). The SMILES string of the molecule is C1=CN(c2ccc(-c3ccc(-c4cccc(-n5c6ccccc6c6cc7c8c(cccc8c65)N(n5c(-c6ccccc6)nc6ccccc65)C=C7)c4)cn3)cn2)c2cccc3c2c1cc1c2ccccc2n(-c2ccccc2)c31. The second-order valence-electron chi connectivity index (χ2n) is 20.5. The molecule has 0 unspecified atom stereocenters. The number of rotatable bonds is 7. The molecule has 15 aromatic rings. The molecular weight excluding hydrogens is 965 g/mol. The van der Waals surface area contributed by atoms with Gasteiger partial charge in [-0.2, -0.15) is 0 Å². The smallest absolute Gasteiger partial charge is 0.160 e. The lowest BCUT2D eigenvalue weighted by molar-refractivity contribution is 0.847. The Morgan fingerprint density at radius 3 is 1.63 bits per heavy atom. The zero-order chi connectivity index (χ0) is 51.7. The molecule has 7 heterocycles. The van der Waals surface area contributed by atoms with Crippen molar-refractivity contribution in [3.05, 3.63) is 266 Å². The Labute approximate surface area is 453 Å². The maximum atomic E-state index is 5.19. The fourth-order valence-electron chi connectivity index (χ4n) is 12.7. The number of hydrogen-bond donors (Lipinski definition) is 0. The molecule has 0 N–H and O–H groups in total. The van der Waals surface area contributed by atoms with Gasteiger partial charge in [0.15, 0.2) is 5.82 Å². The standard InChI is InChI=1S/C71H44N8/c1-3-16-45(17-4-1)71-74-60-26-9-12-29-63(60)79(71)76-39-37-48-42-58-54-23-8-11-28-62(54)78(70(58)56-25-15-31-65(76)68(48)56)52-21-13-18-46(40-52)49-32-34-59(72-43-49)50-33-35-66(73-44-50)75-38-36-47-41-57-53-22-7-10-27-61(53)77(51-19-5-2-6-20-51)69(57)55-24-14-30-64(75)67(47)55/h1-44H. The van der Waals surface area contributed by atoms with Crippen molar-refractivity contribution in [1.29, 1.82) is 0 Å². The quantitative estimate of drug-likeness (QED) is 0.159. The third-order valence-corrected chi connectivity index (χ3v) is 16.2. The molecule has 8 nitrogen and oxygen atoms in total. The van der Waals surface area contributed by atoms with Gasteiger partial charge in [-0.15, -0.1) is 0 Å². The first-order valence-electron chi connectivity index (χ1n) is 26.7. The largest absolute Gasteiger partial charge is 0.309 e. The van der Waals surface area contributed by atoms with Crippen LogP contribution in [0.4, 0.5) is 17.2 Å². The van der Waals surface area contributed by atoms with Crippen molar-refractivity contribution in [3.63, 3.8) is 0 Å². The minimum atomic E-state index is 0.843. The van der Waals surface area contributed by atoms with E-state index in [0.717, 1.165) is 78.9 Å². The Kier molecular flexibility index (Phi) is 9.25. The summed E-state index contributed by atoms with van der Waals surface area (Å²) in [7, 11) is 0. The van der Waals surface area contributed by atoms with Crippen LogP contribution in [-0.4, -0.2) is 28.8 Å². The van der Waals surface area contributed by atoms with Crippen LogP contribution in [0.5, 0.6) is 0 Å². The van der Waals surface area contributed by atoms with E-state index in [1.165, 1.54) is 70.8 Å². The number of aromatic nitrogens is 6. The van der Waals surface area contributed by atoms with Crippen LogP contribution in [0.3, 0.4) is 0 Å². The molecule has 0 spiro atoms. The third kappa shape index (κ3) is 6.46. The number of imidazole rings is 1. The Balaban J connectivity index is 0.716. The normalized spacial score (nSPS) is 12.9. The van der Waals surface area contributed by atoms with Gasteiger partial charge in [0.05, 0.1) is 50.2 Å². The Bertz CT molecular complexity index is 5070. The van der Waals surface area contributed by atoms with Crippen LogP contribution in [0.25, 0.3) is 133 Å². The van der Waals surface area contributed by atoms with Gasteiger partial charge in [-0.1, -0.05) is 140 Å². The Hall–Kier alpha value is -10.8. The third-order valence-electron chi connectivity index (χ3n) is 16.2. The first-order chi connectivity index (χ1) is 39.2. The van der Waals surface area contributed by atoms with Crippen LogP contribution in [-0.2, 0) is 0 Å². The van der Waals surface area contributed by atoms with Crippen LogP contribution in [0.2, 0.25) is 0 Å². The summed E-state index contributed by atoms with van der Waals surface area (Å²) < 4.78 is 7.11. The summed E-state index contributed by atoms with van der Waals surface area (Å²) in [6, 6.07) is 82.4. The van der Waals surface area contributed by atoms with E-state index in [1.54, 1.807) is 0 Å². The molecule has 0 amide bonds. The molecule has 79 heavy (non-hydrogen) atoms. The Morgan fingerprint density at radius 2 is 0.924 bits per heavy atom. The van der Waals surface area contributed by atoms with Crippen LogP contribution in [0, 0.1) is 0 Å². The number of benzene rings is 10. The highest BCUT2D eigenvalue weighted by Crippen LogP contribution is 2.47. The number of fused-ring (bicyclic) bond motifs is 9. The van der Waals surface area contributed by atoms with Crippen molar-refractivity contribution in [2.75, 3.05) is 9.91 Å². The lowest BCUT2D eigenvalue weighted by atomic mass is 9.96. The maximum absolute atomic E-state index is 5.19. The van der Waals surface area contributed by atoms with E-state index in [1.807, 2.05) is 12.4 Å². The van der Waals surface area contributed by atoms with E-state index >= 15 is 0 Å². The van der Waals surface area contributed by atoms with E-state index < -0.39 is 0 Å². The van der Waals surface area contributed by atoms with E-state index in [4.69, 9.17) is 15.0 Å². The summed E-state index contributed by atoms with van der Waals surface area (Å²) in [6.45, 7) is 0. The zero-order valence-corrected chi connectivity index (χ0v) is 42.5. The van der Waals surface area contributed by atoms with E-state index in [9.17, 15) is 0 Å². The van der Waals surface area contributed by atoms with Gasteiger partial charge in [-0.25, -0.2) is 14.6 Å². The van der Waals surface area contributed by atoms with E-state index in [0.29, 0.717) is 0 Å². The summed E-state index contributed by atoms with van der Waals surface area (Å²) in [5.41, 5.74) is 18.5. The minimum absolute atomic E-state index is 0.843. The lowest BCUT2D eigenvalue weighted by Gasteiger charge is -2.29. The number of anilines is 3. The van der Waals surface area contributed by atoms with Gasteiger partial charge in [0, 0.05) is 95.9 Å². The highest BCUT2D eigenvalue weighted by Gasteiger charge is 2.27. The van der Waals surface area contributed by atoms with Gasteiger partial charge in [-0.3, -0.25) is 9.99 Å². The predicted octanol–water partition coefficient (Wildman–Crippen LogP) is 17.7. The second kappa shape index (κ2) is 16.8. The van der Waals surface area contributed by atoms with Crippen molar-refractivity contribution in [1.82, 2.24) is 28.8 Å². The van der Waals surface area contributed by atoms with Crippen molar-refractivity contribution in [3.8, 4) is 45.1 Å². The predicted molar refractivity (Wildman–Crippen MR) is 326 cm³/mol. The van der Waals surface area contributed by atoms with Crippen molar-refractivity contribution < 1.29 is 0 Å². The van der Waals surface area contributed by atoms with Crippen molar-refractivity contribution in [2.24, 2.45) is 0 Å². The molecule has 5 aromatic heterocycles. The molecular formula is C71H44N8. The van der Waals surface area contributed by atoms with Gasteiger partial charge < -0.3 is 14.0 Å². The lowest BCUT2D eigenvalue weighted by Crippen LogP contribution is -2.26. The molecule has 368 valence electrons. The van der Waals surface area contributed by atoms with Crippen LogP contribution >= 0.6 is 0 Å². The first-order valence-corrected chi connectivity index (χ1v) is 26.7. The number of hydrogen-bond acceptors (Lipinski definition) is 5. The van der Waals surface area contributed by atoms with Crippen molar-refractivity contribution >= 4 is 106 Å². The maximum Gasteiger partial charge on any atom is 0.160 e. The molecule has 8 heteroatoms. The molecule has 2 aliphatic heterocycles. The van der Waals surface area contributed by atoms with Gasteiger partial charge in [0.2, 0.25) is 0 Å². The average molecular weight is 1010 g/mol. The number of pyridine rings is 2. The highest BCUT2D eigenvalue weighted by atomic mass is 15.6. The molecule has 0 aliphatic carbocycles. The summed E-state index contributed by atoms with van der Waals surface area (Å²) in [5.74, 6) is 1.73. The molecule has 0 atom stereocenters. The molecule has 2 aliphatic rings. The minimum Gasteiger partial charge on any atom is -0.309 e. The van der Waals surface area contributed by atoms with Gasteiger partial charge >= 0.3 is 0 Å². The van der Waals surface area contributed by atoms with E-state index in [-0.39, 0.29) is 0 Å². The molecule has 10 aromatic carbocycles. The van der Waals surface area contributed by atoms with Gasteiger partial charge in [-0.05, 0) is 120 Å². The fraction of sp³-hybridized carbons (Fsp3) is 0. The van der Waals surface area contributed by atoms with Crippen molar-refractivity contribution in [2.45, 2.75) is 0 Å². The zero-order valence-electron chi connectivity index (χ0n) is 42.5. The summed E-state index contributed by atoms with van der Waals surface area (Å²) in [6.07, 6.45) is 12.7.